The Bertz CT molecular complexity index is 697. The highest BCUT2D eigenvalue weighted by atomic mass is 16.2. The van der Waals surface area contributed by atoms with Crippen molar-refractivity contribution in [3.8, 4) is 0 Å². The van der Waals surface area contributed by atoms with Gasteiger partial charge in [-0.15, -0.1) is 0 Å². The van der Waals surface area contributed by atoms with E-state index in [0.29, 0.717) is 6.42 Å². The molecule has 1 aromatic carbocycles. The molecule has 1 aromatic rings. The van der Waals surface area contributed by atoms with Gasteiger partial charge in [-0.3, -0.25) is 9.69 Å². The molecule has 2 unspecified atom stereocenters. The van der Waals surface area contributed by atoms with Crippen LogP contribution >= 0.6 is 0 Å². The highest BCUT2D eigenvalue weighted by Crippen LogP contribution is 2.51. The summed E-state index contributed by atoms with van der Waals surface area (Å²) in [5, 5.41) is 2.67. The third-order valence-corrected chi connectivity index (χ3v) is 7.52. The molecule has 2 bridgehead atoms. The van der Waals surface area contributed by atoms with Gasteiger partial charge in [0.25, 0.3) is 0 Å². The van der Waals surface area contributed by atoms with E-state index in [9.17, 15) is 9.59 Å². The van der Waals surface area contributed by atoms with Crippen molar-refractivity contribution in [3.05, 3.63) is 35.9 Å². The molecule has 4 rings (SSSR count). The Morgan fingerprint density at radius 1 is 1.06 bits per heavy atom. The minimum absolute atomic E-state index is 0.0395. The Kier molecular flexibility index (Phi) is 9.30. The second-order valence-corrected chi connectivity index (χ2v) is 11.0. The zero-order valence-electron chi connectivity index (χ0n) is 20.4. The third-order valence-electron chi connectivity index (χ3n) is 7.52. The van der Waals surface area contributed by atoms with Gasteiger partial charge in [-0.25, -0.2) is 0 Å². The first-order valence-corrected chi connectivity index (χ1v) is 12.5. The number of hydrogen-bond donors (Lipinski definition) is 1. The van der Waals surface area contributed by atoms with Crippen LogP contribution in [-0.4, -0.2) is 61.8 Å². The van der Waals surface area contributed by atoms with E-state index in [1.54, 1.807) is 0 Å². The number of benzene rings is 1. The van der Waals surface area contributed by atoms with E-state index >= 15 is 0 Å². The van der Waals surface area contributed by atoms with Crippen LogP contribution < -0.4 is 5.32 Å². The molecular weight excluding hydrogens is 398 g/mol. The molecule has 1 heterocycles. The second kappa shape index (κ2) is 11.9. The smallest absolute Gasteiger partial charge is 0.220 e. The van der Waals surface area contributed by atoms with Crippen molar-refractivity contribution in [2.24, 2.45) is 23.2 Å². The Morgan fingerprint density at radius 2 is 1.69 bits per heavy atom. The summed E-state index contributed by atoms with van der Waals surface area (Å²) < 4.78 is 0. The lowest BCUT2D eigenvalue weighted by atomic mass is 9.58. The second-order valence-electron chi connectivity index (χ2n) is 11.0. The fourth-order valence-corrected chi connectivity index (χ4v) is 6.31. The van der Waals surface area contributed by atoms with Crippen molar-refractivity contribution in [2.75, 3.05) is 39.8 Å². The molecule has 0 aromatic heterocycles. The molecule has 2 saturated carbocycles. The number of carbonyl (C=O) groups excluding carboxylic acids is 2. The fourth-order valence-electron chi connectivity index (χ4n) is 6.31. The summed E-state index contributed by atoms with van der Waals surface area (Å²) in [6.45, 7) is 10.7. The molecule has 1 amide bonds. The number of amides is 1. The van der Waals surface area contributed by atoms with E-state index in [1.165, 1.54) is 63.8 Å². The van der Waals surface area contributed by atoms with E-state index in [-0.39, 0.29) is 17.9 Å². The Balaban J connectivity index is 0.000000186. The number of nitrogens with one attached hydrogen (secondary N) is 1. The van der Waals surface area contributed by atoms with Crippen LogP contribution in [0.1, 0.15) is 57.9 Å². The topological polar surface area (TPSA) is 52.7 Å². The van der Waals surface area contributed by atoms with E-state index in [0.717, 1.165) is 30.6 Å². The molecule has 1 saturated heterocycles. The van der Waals surface area contributed by atoms with Crippen molar-refractivity contribution in [1.82, 2.24) is 15.1 Å². The Hall–Kier alpha value is -1.72. The quantitative estimate of drug-likeness (QED) is 0.679. The fraction of sp³-hybridized carbons (Fsp3) is 0.704. The van der Waals surface area contributed by atoms with E-state index in [4.69, 9.17) is 0 Å². The summed E-state index contributed by atoms with van der Waals surface area (Å²) in [6, 6.07) is 10.7. The highest BCUT2D eigenvalue weighted by Gasteiger charge is 2.41. The van der Waals surface area contributed by atoms with Gasteiger partial charge in [0, 0.05) is 39.1 Å². The molecule has 1 N–H and O–H groups in total. The van der Waals surface area contributed by atoms with Gasteiger partial charge >= 0.3 is 0 Å². The maximum atomic E-state index is 11.8. The lowest BCUT2D eigenvalue weighted by Gasteiger charge is -2.47. The SMILES string of the molecule is CC1CC2CC(C1)CC(C)(CC(=O)NCC=O)C2.CN1CCN(Cc2ccccc2)CC1. The van der Waals surface area contributed by atoms with Crippen molar-refractivity contribution < 1.29 is 9.59 Å². The van der Waals surface area contributed by atoms with Crippen LogP contribution in [0.2, 0.25) is 0 Å². The van der Waals surface area contributed by atoms with Crippen molar-refractivity contribution in [1.29, 1.82) is 0 Å². The van der Waals surface area contributed by atoms with Gasteiger partial charge in [-0.05, 0) is 67.9 Å². The van der Waals surface area contributed by atoms with Crippen molar-refractivity contribution in [3.63, 3.8) is 0 Å². The minimum Gasteiger partial charge on any atom is -0.349 e. The standard InChI is InChI=1S/C15H25NO2.C12H18N2/c1-11-5-12-7-13(6-11)9-15(2,8-12)10-14(18)16-3-4-17;1-13-7-9-14(10-8-13)11-12-5-3-2-4-6-12/h4,11-13H,3,5-10H2,1-2H3,(H,16,18);2-6H,7-11H2,1H3. The van der Waals surface area contributed by atoms with Crippen LogP contribution in [0.3, 0.4) is 0 Å². The summed E-state index contributed by atoms with van der Waals surface area (Å²) in [7, 11) is 2.19. The molecule has 5 nitrogen and oxygen atoms in total. The molecule has 5 heteroatoms. The largest absolute Gasteiger partial charge is 0.349 e. The monoisotopic (exact) mass is 441 g/mol. The van der Waals surface area contributed by atoms with Crippen LogP contribution in [0.4, 0.5) is 0 Å². The van der Waals surface area contributed by atoms with Gasteiger partial charge in [0.05, 0.1) is 6.54 Å². The number of fused-ring (bicyclic) bond motifs is 2. The first-order valence-electron chi connectivity index (χ1n) is 12.5. The predicted octanol–water partition coefficient (Wildman–Crippen LogP) is 3.98. The van der Waals surface area contributed by atoms with Crippen molar-refractivity contribution >= 4 is 12.2 Å². The van der Waals surface area contributed by atoms with Gasteiger partial charge in [0.15, 0.2) is 0 Å². The molecule has 2 aliphatic carbocycles. The van der Waals surface area contributed by atoms with Crippen LogP contribution in [0.25, 0.3) is 0 Å². The molecular formula is C27H43N3O2. The lowest BCUT2D eigenvalue weighted by molar-refractivity contribution is -0.125. The average Bonchev–Trinajstić information content (AvgIpc) is 2.74. The number of aldehydes is 1. The molecule has 2 atom stereocenters. The predicted molar refractivity (Wildman–Crippen MR) is 130 cm³/mol. The molecule has 32 heavy (non-hydrogen) atoms. The molecule has 3 aliphatic rings. The molecule has 0 spiro atoms. The molecule has 1 aliphatic heterocycles. The first kappa shape index (κ1) is 24.9. The summed E-state index contributed by atoms with van der Waals surface area (Å²) in [5.74, 6) is 2.53. The van der Waals surface area contributed by atoms with Gasteiger partial charge < -0.3 is 15.0 Å². The maximum absolute atomic E-state index is 11.8. The Labute approximate surface area is 194 Å². The lowest BCUT2D eigenvalue weighted by Crippen LogP contribution is -2.43. The summed E-state index contributed by atoms with van der Waals surface area (Å²) in [6.07, 6.45) is 7.74. The number of likely N-dealkylation sites (N-methyl/N-ethyl adjacent to an activating group) is 1. The first-order chi connectivity index (χ1) is 15.3. The van der Waals surface area contributed by atoms with Gasteiger partial charge in [-0.2, -0.15) is 0 Å². The maximum Gasteiger partial charge on any atom is 0.220 e. The highest BCUT2D eigenvalue weighted by molar-refractivity contribution is 5.78. The zero-order valence-corrected chi connectivity index (χ0v) is 20.4. The van der Waals surface area contributed by atoms with Crippen molar-refractivity contribution in [2.45, 2.75) is 58.9 Å². The van der Waals surface area contributed by atoms with E-state index in [1.807, 2.05) is 0 Å². The number of hydrogen-bond acceptors (Lipinski definition) is 4. The number of piperazine rings is 1. The van der Waals surface area contributed by atoms with Crippen LogP contribution in [-0.2, 0) is 16.1 Å². The summed E-state index contributed by atoms with van der Waals surface area (Å²) in [5.41, 5.74) is 1.58. The van der Waals surface area contributed by atoms with Gasteiger partial charge in [-0.1, -0.05) is 44.2 Å². The Morgan fingerprint density at radius 3 is 2.28 bits per heavy atom. The normalized spacial score (nSPS) is 30.7. The van der Waals surface area contributed by atoms with Gasteiger partial charge in [0.2, 0.25) is 5.91 Å². The molecule has 178 valence electrons. The molecule has 3 fully saturated rings. The third kappa shape index (κ3) is 8.00. The number of rotatable bonds is 6. The van der Waals surface area contributed by atoms with Crippen LogP contribution in [0, 0.1) is 23.2 Å². The summed E-state index contributed by atoms with van der Waals surface area (Å²) in [4.78, 5) is 27.0. The number of carbonyl (C=O) groups is 2. The minimum atomic E-state index is 0.0395. The van der Waals surface area contributed by atoms with E-state index < -0.39 is 0 Å². The van der Waals surface area contributed by atoms with Crippen LogP contribution in [0.5, 0.6) is 0 Å². The zero-order chi connectivity index (χ0) is 23.0. The van der Waals surface area contributed by atoms with Crippen LogP contribution in [0.15, 0.2) is 30.3 Å². The molecule has 0 radical (unpaired) electrons. The number of nitrogens with zero attached hydrogens (tertiary/aromatic N) is 2. The van der Waals surface area contributed by atoms with E-state index in [2.05, 4.69) is 66.3 Å². The van der Waals surface area contributed by atoms with Gasteiger partial charge in [0.1, 0.15) is 6.29 Å². The summed E-state index contributed by atoms with van der Waals surface area (Å²) >= 11 is 0. The average molecular weight is 442 g/mol.